The number of hydrogen-bond acceptors (Lipinski definition) is 3. The van der Waals surface area contributed by atoms with Gasteiger partial charge in [-0.15, -0.1) is 0 Å². The van der Waals surface area contributed by atoms with Crippen molar-refractivity contribution in [2.24, 2.45) is 11.1 Å². The molecular formula is C16H33N3. The summed E-state index contributed by atoms with van der Waals surface area (Å²) < 4.78 is 0. The van der Waals surface area contributed by atoms with Gasteiger partial charge in [0.05, 0.1) is 0 Å². The molecule has 1 saturated heterocycles. The smallest absolute Gasteiger partial charge is 0.0337 e. The lowest BCUT2D eigenvalue weighted by molar-refractivity contribution is 0.103. The zero-order chi connectivity index (χ0) is 14.1. The Morgan fingerprint density at radius 1 is 1.21 bits per heavy atom. The zero-order valence-corrected chi connectivity index (χ0v) is 13.4. The van der Waals surface area contributed by atoms with Gasteiger partial charge in [-0.05, 0) is 44.2 Å². The van der Waals surface area contributed by atoms with E-state index < -0.39 is 0 Å². The first-order chi connectivity index (χ1) is 8.96. The number of likely N-dealkylation sites (tertiary alicyclic amines) is 1. The lowest BCUT2D eigenvalue weighted by Crippen LogP contribution is -2.52. The van der Waals surface area contributed by atoms with E-state index in [-0.39, 0.29) is 0 Å². The highest BCUT2D eigenvalue weighted by Gasteiger charge is 2.48. The third-order valence-corrected chi connectivity index (χ3v) is 5.62. The van der Waals surface area contributed by atoms with Gasteiger partial charge in [-0.25, -0.2) is 0 Å². The van der Waals surface area contributed by atoms with Gasteiger partial charge in [-0.2, -0.15) is 0 Å². The first-order valence-corrected chi connectivity index (χ1v) is 8.15. The van der Waals surface area contributed by atoms with Crippen molar-refractivity contribution in [2.45, 2.75) is 65.0 Å². The van der Waals surface area contributed by atoms with Crippen LogP contribution in [0.25, 0.3) is 0 Å². The van der Waals surface area contributed by atoms with Crippen molar-refractivity contribution in [1.29, 1.82) is 0 Å². The molecule has 0 aromatic rings. The summed E-state index contributed by atoms with van der Waals surface area (Å²) in [6.07, 6.45) is 5.23. The van der Waals surface area contributed by atoms with Crippen LogP contribution >= 0.6 is 0 Å². The van der Waals surface area contributed by atoms with E-state index in [1.54, 1.807) is 0 Å². The SMILES string of the molecule is CCN(CC)C1CCN(C2(CN)CCC(C)(C)C2)C1. The molecule has 1 aliphatic heterocycles. The van der Waals surface area contributed by atoms with Gasteiger partial charge in [0.25, 0.3) is 0 Å². The second-order valence-electron chi connectivity index (χ2n) is 7.38. The van der Waals surface area contributed by atoms with Gasteiger partial charge in [-0.3, -0.25) is 9.80 Å². The van der Waals surface area contributed by atoms with E-state index in [0.29, 0.717) is 11.0 Å². The highest BCUT2D eigenvalue weighted by atomic mass is 15.3. The Hall–Kier alpha value is -0.120. The molecule has 1 aliphatic carbocycles. The Balaban J connectivity index is 2.03. The Bertz CT molecular complexity index is 298. The molecule has 0 bridgehead atoms. The van der Waals surface area contributed by atoms with Gasteiger partial charge in [-0.1, -0.05) is 27.7 Å². The molecule has 3 heteroatoms. The summed E-state index contributed by atoms with van der Waals surface area (Å²) in [5.74, 6) is 0. The van der Waals surface area contributed by atoms with Crippen molar-refractivity contribution in [3.63, 3.8) is 0 Å². The summed E-state index contributed by atoms with van der Waals surface area (Å²) in [4.78, 5) is 5.34. The molecule has 19 heavy (non-hydrogen) atoms. The van der Waals surface area contributed by atoms with Crippen LogP contribution < -0.4 is 5.73 Å². The lowest BCUT2D eigenvalue weighted by Gasteiger charge is -2.40. The maximum Gasteiger partial charge on any atom is 0.0337 e. The van der Waals surface area contributed by atoms with Crippen LogP contribution in [-0.2, 0) is 0 Å². The molecule has 2 N–H and O–H groups in total. The molecule has 0 radical (unpaired) electrons. The van der Waals surface area contributed by atoms with Gasteiger partial charge in [0, 0.05) is 31.2 Å². The van der Waals surface area contributed by atoms with E-state index in [4.69, 9.17) is 5.73 Å². The molecule has 1 heterocycles. The fraction of sp³-hybridized carbons (Fsp3) is 1.00. The van der Waals surface area contributed by atoms with Crippen molar-refractivity contribution in [3.8, 4) is 0 Å². The van der Waals surface area contributed by atoms with Gasteiger partial charge < -0.3 is 5.73 Å². The minimum Gasteiger partial charge on any atom is -0.329 e. The van der Waals surface area contributed by atoms with Crippen LogP contribution in [0.3, 0.4) is 0 Å². The third-order valence-electron chi connectivity index (χ3n) is 5.62. The van der Waals surface area contributed by atoms with Gasteiger partial charge in [0.1, 0.15) is 0 Å². The molecular weight excluding hydrogens is 234 g/mol. The minimum absolute atomic E-state index is 0.297. The minimum atomic E-state index is 0.297. The van der Waals surface area contributed by atoms with Crippen molar-refractivity contribution >= 4 is 0 Å². The molecule has 3 nitrogen and oxygen atoms in total. The summed E-state index contributed by atoms with van der Waals surface area (Å²) in [7, 11) is 0. The summed E-state index contributed by atoms with van der Waals surface area (Å²) in [6.45, 7) is 15.0. The molecule has 0 spiro atoms. The second-order valence-corrected chi connectivity index (χ2v) is 7.38. The topological polar surface area (TPSA) is 32.5 Å². The molecule has 2 fully saturated rings. The van der Waals surface area contributed by atoms with Crippen LogP contribution in [0.4, 0.5) is 0 Å². The van der Waals surface area contributed by atoms with Gasteiger partial charge in [0.15, 0.2) is 0 Å². The van der Waals surface area contributed by atoms with Crippen LogP contribution in [0, 0.1) is 5.41 Å². The normalized spacial score (nSPS) is 35.4. The first kappa shape index (κ1) is 15.3. The Labute approximate surface area is 119 Å². The number of likely N-dealkylation sites (N-methyl/N-ethyl adjacent to an activating group) is 1. The van der Waals surface area contributed by atoms with Crippen LogP contribution in [0.2, 0.25) is 0 Å². The monoisotopic (exact) mass is 267 g/mol. The molecule has 1 saturated carbocycles. The number of hydrogen-bond donors (Lipinski definition) is 1. The zero-order valence-electron chi connectivity index (χ0n) is 13.4. The van der Waals surface area contributed by atoms with Crippen LogP contribution in [0.1, 0.15) is 53.4 Å². The third kappa shape index (κ3) is 2.98. The standard InChI is InChI=1S/C16H33N3/c1-5-18(6-2)14-7-10-19(11-14)16(13-17)9-8-15(3,4)12-16/h14H,5-13,17H2,1-4H3. The number of nitrogens with two attached hydrogens (primary N) is 1. The highest BCUT2D eigenvalue weighted by Crippen LogP contribution is 2.47. The maximum atomic E-state index is 6.20. The van der Waals surface area contributed by atoms with E-state index in [2.05, 4.69) is 37.5 Å². The Kier molecular flexibility index (Phi) is 4.59. The first-order valence-electron chi connectivity index (χ1n) is 8.15. The molecule has 0 amide bonds. The average Bonchev–Trinajstić information content (AvgIpc) is 2.97. The molecule has 0 aromatic heterocycles. The van der Waals surface area contributed by atoms with Crippen LogP contribution in [-0.4, -0.2) is 54.1 Å². The van der Waals surface area contributed by atoms with E-state index in [9.17, 15) is 0 Å². The average molecular weight is 267 g/mol. The van der Waals surface area contributed by atoms with Crippen molar-refractivity contribution < 1.29 is 0 Å². The second kappa shape index (κ2) is 5.71. The van der Waals surface area contributed by atoms with E-state index >= 15 is 0 Å². The van der Waals surface area contributed by atoms with Crippen LogP contribution in [0.15, 0.2) is 0 Å². The molecule has 2 rings (SSSR count). The van der Waals surface area contributed by atoms with Crippen molar-refractivity contribution in [3.05, 3.63) is 0 Å². The van der Waals surface area contributed by atoms with Gasteiger partial charge >= 0.3 is 0 Å². The quantitative estimate of drug-likeness (QED) is 0.829. The summed E-state index contributed by atoms with van der Waals surface area (Å²) >= 11 is 0. The van der Waals surface area contributed by atoms with Crippen molar-refractivity contribution in [1.82, 2.24) is 9.80 Å². The predicted molar refractivity (Wildman–Crippen MR) is 82.3 cm³/mol. The maximum absolute atomic E-state index is 6.20. The number of nitrogens with zero attached hydrogens (tertiary/aromatic N) is 2. The molecule has 2 atom stereocenters. The summed E-state index contributed by atoms with van der Waals surface area (Å²) in [5.41, 5.74) is 6.98. The Morgan fingerprint density at radius 3 is 2.37 bits per heavy atom. The Morgan fingerprint density at radius 2 is 1.89 bits per heavy atom. The van der Waals surface area contributed by atoms with E-state index in [1.165, 1.54) is 51.9 Å². The molecule has 0 aromatic carbocycles. The van der Waals surface area contributed by atoms with Crippen molar-refractivity contribution in [2.75, 3.05) is 32.7 Å². The molecule has 2 aliphatic rings. The summed E-state index contributed by atoms with van der Waals surface area (Å²) in [6, 6.07) is 0.752. The highest BCUT2D eigenvalue weighted by molar-refractivity contribution is 5.04. The largest absolute Gasteiger partial charge is 0.329 e. The van der Waals surface area contributed by atoms with E-state index in [0.717, 1.165) is 12.6 Å². The lowest BCUT2D eigenvalue weighted by atomic mass is 9.87. The molecule has 2 unspecified atom stereocenters. The predicted octanol–water partition coefficient (Wildman–Crippen LogP) is 2.31. The fourth-order valence-corrected chi connectivity index (χ4v) is 4.42. The van der Waals surface area contributed by atoms with E-state index in [1.807, 2.05) is 0 Å². The van der Waals surface area contributed by atoms with Crippen LogP contribution in [0.5, 0.6) is 0 Å². The summed E-state index contributed by atoms with van der Waals surface area (Å²) in [5, 5.41) is 0. The van der Waals surface area contributed by atoms with Gasteiger partial charge in [0.2, 0.25) is 0 Å². The number of rotatable bonds is 5. The molecule has 112 valence electrons. The fourth-order valence-electron chi connectivity index (χ4n) is 4.42.